The quantitative estimate of drug-likeness (QED) is 0.636. The Kier molecular flexibility index (Phi) is 2.58. The van der Waals surface area contributed by atoms with E-state index in [0.717, 1.165) is 18.5 Å². The molecule has 1 aromatic heterocycles. The minimum Gasteiger partial charge on any atom is -0.258 e. The van der Waals surface area contributed by atoms with Crippen LogP contribution in [0.2, 0.25) is 0 Å². The molecule has 1 rings (SSSR count). The lowest BCUT2D eigenvalue weighted by Gasteiger charge is -1.99. The van der Waals surface area contributed by atoms with Crippen molar-refractivity contribution in [1.29, 1.82) is 0 Å². The van der Waals surface area contributed by atoms with Crippen molar-refractivity contribution in [2.45, 2.75) is 26.7 Å². The Balaban J connectivity index is 2.86. The fourth-order valence-electron chi connectivity index (χ4n) is 0.990. The van der Waals surface area contributed by atoms with E-state index < -0.39 is 0 Å². The lowest BCUT2D eigenvalue weighted by Crippen LogP contribution is -1.92. The van der Waals surface area contributed by atoms with Gasteiger partial charge in [-0.1, -0.05) is 13.3 Å². The second-order valence-corrected chi connectivity index (χ2v) is 2.67. The van der Waals surface area contributed by atoms with Gasteiger partial charge in [0.25, 0.3) is 0 Å². The number of aromatic nitrogens is 1. The van der Waals surface area contributed by atoms with Crippen LogP contribution < -0.4 is 0 Å². The van der Waals surface area contributed by atoms with Crippen molar-refractivity contribution in [2.24, 2.45) is 0 Å². The zero-order valence-corrected chi connectivity index (χ0v) is 6.89. The molecule has 0 radical (unpaired) electrons. The molecule has 0 unspecified atom stereocenters. The summed E-state index contributed by atoms with van der Waals surface area (Å²) in [4.78, 5) is 3.95. The van der Waals surface area contributed by atoms with Crippen molar-refractivity contribution in [3.05, 3.63) is 29.3 Å². The minimum atomic E-state index is -0.218. The average molecular weight is 153 g/mol. The number of nitrogens with zero attached hydrogens (tertiary/aromatic N) is 1. The molecule has 0 fully saturated rings. The van der Waals surface area contributed by atoms with E-state index in [0.29, 0.717) is 5.56 Å². The molecular formula is C9H12FN. The summed E-state index contributed by atoms with van der Waals surface area (Å²) in [5.41, 5.74) is 1.66. The molecule has 0 amide bonds. The van der Waals surface area contributed by atoms with Gasteiger partial charge in [-0.3, -0.25) is 4.98 Å². The predicted octanol–water partition coefficient (Wildman–Crippen LogP) is 2.48. The van der Waals surface area contributed by atoms with Crippen LogP contribution in [0.25, 0.3) is 0 Å². The standard InChI is InChI=1S/C9H12FN/c1-3-4-8-5-7(2)9(10)6-11-8/h5-6H,3-4H2,1-2H3. The molecular weight excluding hydrogens is 141 g/mol. The van der Waals surface area contributed by atoms with E-state index in [2.05, 4.69) is 11.9 Å². The second kappa shape index (κ2) is 3.46. The van der Waals surface area contributed by atoms with Gasteiger partial charge >= 0.3 is 0 Å². The van der Waals surface area contributed by atoms with Gasteiger partial charge in [-0.25, -0.2) is 4.39 Å². The van der Waals surface area contributed by atoms with Gasteiger partial charge in [0, 0.05) is 5.69 Å². The van der Waals surface area contributed by atoms with Crippen LogP contribution in [0.1, 0.15) is 24.6 Å². The molecule has 0 aliphatic rings. The van der Waals surface area contributed by atoms with Crippen molar-refractivity contribution in [2.75, 3.05) is 0 Å². The van der Waals surface area contributed by atoms with E-state index in [1.54, 1.807) is 13.0 Å². The first-order valence-electron chi connectivity index (χ1n) is 3.85. The predicted molar refractivity (Wildman–Crippen MR) is 42.9 cm³/mol. The third-order valence-electron chi connectivity index (χ3n) is 1.61. The van der Waals surface area contributed by atoms with Crippen molar-refractivity contribution in [1.82, 2.24) is 4.98 Å². The summed E-state index contributed by atoms with van der Waals surface area (Å²) in [6.45, 7) is 3.84. The molecule has 11 heavy (non-hydrogen) atoms. The molecule has 0 atom stereocenters. The molecule has 2 heteroatoms. The van der Waals surface area contributed by atoms with Crippen LogP contribution in [0.5, 0.6) is 0 Å². The Morgan fingerprint density at radius 3 is 2.82 bits per heavy atom. The first-order chi connectivity index (χ1) is 5.24. The Hall–Kier alpha value is -0.920. The van der Waals surface area contributed by atoms with Gasteiger partial charge in [0.2, 0.25) is 0 Å². The fraction of sp³-hybridized carbons (Fsp3) is 0.444. The summed E-state index contributed by atoms with van der Waals surface area (Å²) < 4.78 is 12.7. The van der Waals surface area contributed by atoms with Crippen LogP contribution in [-0.4, -0.2) is 4.98 Å². The molecule has 0 aromatic carbocycles. The molecule has 0 aliphatic carbocycles. The van der Waals surface area contributed by atoms with Crippen LogP contribution in [0.3, 0.4) is 0 Å². The first kappa shape index (κ1) is 8.18. The van der Waals surface area contributed by atoms with Crippen LogP contribution >= 0.6 is 0 Å². The van der Waals surface area contributed by atoms with Crippen molar-refractivity contribution in [3.8, 4) is 0 Å². The van der Waals surface area contributed by atoms with E-state index in [9.17, 15) is 4.39 Å². The summed E-state index contributed by atoms with van der Waals surface area (Å²) in [6, 6.07) is 1.80. The molecule has 1 aromatic rings. The van der Waals surface area contributed by atoms with Gasteiger partial charge in [-0.05, 0) is 25.0 Å². The van der Waals surface area contributed by atoms with Crippen LogP contribution in [-0.2, 0) is 6.42 Å². The first-order valence-corrected chi connectivity index (χ1v) is 3.85. The van der Waals surface area contributed by atoms with E-state index >= 15 is 0 Å². The fourth-order valence-corrected chi connectivity index (χ4v) is 0.990. The minimum absolute atomic E-state index is 0.218. The third kappa shape index (κ3) is 2.00. The Morgan fingerprint density at radius 2 is 2.27 bits per heavy atom. The molecule has 0 aliphatic heterocycles. The number of pyridine rings is 1. The number of hydrogen-bond acceptors (Lipinski definition) is 1. The van der Waals surface area contributed by atoms with Crippen LogP contribution in [0.4, 0.5) is 4.39 Å². The van der Waals surface area contributed by atoms with E-state index in [-0.39, 0.29) is 5.82 Å². The highest BCUT2D eigenvalue weighted by molar-refractivity contribution is 5.16. The molecule has 0 saturated heterocycles. The lowest BCUT2D eigenvalue weighted by atomic mass is 10.2. The third-order valence-corrected chi connectivity index (χ3v) is 1.61. The van der Waals surface area contributed by atoms with Gasteiger partial charge in [0.15, 0.2) is 0 Å². The molecule has 0 N–H and O–H groups in total. The zero-order valence-electron chi connectivity index (χ0n) is 6.89. The maximum absolute atomic E-state index is 12.7. The lowest BCUT2D eigenvalue weighted by molar-refractivity contribution is 0.609. The largest absolute Gasteiger partial charge is 0.258 e. The SMILES string of the molecule is CCCc1cc(C)c(F)cn1. The molecule has 60 valence electrons. The van der Waals surface area contributed by atoms with E-state index in [1.165, 1.54) is 6.20 Å². The Bertz CT molecular complexity index is 245. The number of hydrogen-bond donors (Lipinski definition) is 0. The highest BCUT2D eigenvalue weighted by atomic mass is 19.1. The molecule has 0 saturated carbocycles. The smallest absolute Gasteiger partial charge is 0.144 e. The Morgan fingerprint density at radius 1 is 1.55 bits per heavy atom. The Labute approximate surface area is 66.3 Å². The van der Waals surface area contributed by atoms with Crippen LogP contribution in [0.15, 0.2) is 12.3 Å². The highest BCUT2D eigenvalue weighted by Gasteiger charge is 1.98. The van der Waals surface area contributed by atoms with E-state index in [1.807, 2.05) is 0 Å². The molecule has 0 spiro atoms. The summed E-state index contributed by atoms with van der Waals surface area (Å²) in [5.74, 6) is -0.218. The molecule has 1 nitrogen and oxygen atoms in total. The summed E-state index contributed by atoms with van der Waals surface area (Å²) in [5, 5.41) is 0. The highest BCUT2D eigenvalue weighted by Crippen LogP contribution is 2.07. The van der Waals surface area contributed by atoms with Crippen molar-refractivity contribution < 1.29 is 4.39 Å². The van der Waals surface area contributed by atoms with Gasteiger partial charge in [0.1, 0.15) is 5.82 Å². The number of aryl methyl sites for hydroxylation is 2. The summed E-state index contributed by atoms with van der Waals surface area (Å²) in [7, 11) is 0. The zero-order chi connectivity index (χ0) is 8.27. The van der Waals surface area contributed by atoms with Crippen molar-refractivity contribution >= 4 is 0 Å². The molecule has 1 heterocycles. The van der Waals surface area contributed by atoms with Gasteiger partial charge in [-0.15, -0.1) is 0 Å². The van der Waals surface area contributed by atoms with Gasteiger partial charge in [-0.2, -0.15) is 0 Å². The second-order valence-electron chi connectivity index (χ2n) is 2.67. The average Bonchev–Trinajstić information content (AvgIpc) is 1.98. The number of halogens is 1. The van der Waals surface area contributed by atoms with Gasteiger partial charge in [0.05, 0.1) is 6.20 Å². The maximum atomic E-state index is 12.7. The summed E-state index contributed by atoms with van der Waals surface area (Å²) in [6.07, 6.45) is 3.28. The van der Waals surface area contributed by atoms with Crippen LogP contribution in [0, 0.1) is 12.7 Å². The van der Waals surface area contributed by atoms with Gasteiger partial charge < -0.3 is 0 Å². The topological polar surface area (TPSA) is 12.9 Å². The monoisotopic (exact) mass is 153 g/mol. The summed E-state index contributed by atoms with van der Waals surface area (Å²) >= 11 is 0. The normalized spacial score (nSPS) is 10.1. The van der Waals surface area contributed by atoms with Crippen molar-refractivity contribution in [3.63, 3.8) is 0 Å². The maximum Gasteiger partial charge on any atom is 0.144 e. The van der Waals surface area contributed by atoms with E-state index in [4.69, 9.17) is 0 Å². The number of rotatable bonds is 2. The molecule has 0 bridgehead atoms.